The van der Waals surface area contributed by atoms with Gasteiger partial charge in [-0.05, 0) is 50.2 Å². The van der Waals surface area contributed by atoms with Crippen LogP contribution in [0.5, 0.6) is 5.75 Å². The molecule has 0 aliphatic heterocycles. The quantitative estimate of drug-likeness (QED) is 0.560. The van der Waals surface area contributed by atoms with Crippen molar-refractivity contribution in [2.24, 2.45) is 0 Å². The number of aromatic amines is 1. The molecule has 0 amide bonds. The molecule has 0 unspecified atom stereocenters. The van der Waals surface area contributed by atoms with Crippen LogP contribution >= 0.6 is 0 Å². The Bertz CT molecular complexity index is 932. The molecule has 3 rings (SSSR count). The van der Waals surface area contributed by atoms with Gasteiger partial charge in [0.15, 0.2) is 5.69 Å². The zero-order valence-electron chi connectivity index (χ0n) is 14.4. The molecule has 7 nitrogen and oxygen atoms in total. The van der Waals surface area contributed by atoms with Crippen molar-refractivity contribution in [3.8, 4) is 17.0 Å². The Hall–Kier alpha value is -3.48. The molecule has 1 N–H and O–H groups in total. The van der Waals surface area contributed by atoms with Gasteiger partial charge in [0.05, 0.1) is 12.2 Å². The number of nitrogens with zero attached hydrogens (tertiary/aromatic N) is 2. The Morgan fingerprint density at radius 1 is 1.04 bits per heavy atom. The fraction of sp³-hybridized carbons (Fsp3) is 0.158. The third-order valence-corrected chi connectivity index (χ3v) is 3.61. The third-order valence-electron chi connectivity index (χ3n) is 3.61. The predicted molar refractivity (Wildman–Crippen MR) is 93.9 cm³/mol. The van der Waals surface area contributed by atoms with Crippen molar-refractivity contribution in [2.75, 3.05) is 6.61 Å². The van der Waals surface area contributed by atoms with Gasteiger partial charge in [-0.2, -0.15) is 10.3 Å². The number of ether oxygens (including phenoxy) is 2. The van der Waals surface area contributed by atoms with Crippen LogP contribution in [0.15, 0.2) is 48.5 Å². The van der Waals surface area contributed by atoms with E-state index in [9.17, 15) is 9.59 Å². The second kappa shape index (κ2) is 7.60. The monoisotopic (exact) mass is 351 g/mol. The lowest BCUT2D eigenvalue weighted by Crippen LogP contribution is -2.08. The highest BCUT2D eigenvalue weighted by molar-refractivity contribution is 5.94. The van der Waals surface area contributed by atoms with E-state index >= 15 is 0 Å². The van der Waals surface area contributed by atoms with Crippen LogP contribution in [-0.2, 0) is 4.74 Å². The first-order valence-corrected chi connectivity index (χ1v) is 8.05. The lowest BCUT2D eigenvalue weighted by molar-refractivity contribution is 0.0520. The number of benzene rings is 2. The van der Waals surface area contributed by atoms with Crippen molar-refractivity contribution >= 4 is 11.9 Å². The average Bonchev–Trinajstić information content (AvgIpc) is 3.12. The lowest BCUT2D eigenvalue weighted by atomic mass is 10.1. The number of esters is 2. The SMILES string of the molecule is CCOC(=O)c1n[nH]nc1-c1ccc(OC(=O)c2cccc(C)c2)cc1. The van der Waals surface area contributed by atoms with Gasteiger partial charge in [0, 0.05) is 5.56 Å². The smallest absolute Gasteiger partial charge is 0.361 e. The van der Waals surface area contributed by atoms with Crippen LogP contribution in [0, 0.1) is 6.92 Å². The van der Waals surface area contributed by atoms with E-state index in [0.717, 1.165) is 5.56 Å². The normalized spacial score (nSPS) is 10.4. The summed E-state index contributed by atoms with van der Waals surface area (Å²) in [5.41, 5.74) is 2.59. The van der Waals surface area contributed by atoms with Crippen molar-refractivity contribution in [3.63, 3.8) is 0 Å². The van der Waals surface area contributed by atoms with E-state index in [-0.39, 0.29) is 12.3 Å². The Kier molecular flexibility index (Phi) is 5.07. The lowest BCUT2D eigenvalue weighted by Gasteiger charge is -2.06. The fourth-order valence-electron chi connectivity index (χ4n) is 2.39. The second-order valence-corrected chi connectivity index (χ2v) is 5.52. The summed E-state index contributed by atoms with van der Waals surface area (Å²) in [5, 5.41) is 10.3. The standard InChI is InChI=1S/C19H17N3O4/c1-3-25-19(24)17-16(20-22-21-17)13-7-9-15(10-8-13)26-18(23)14-6-4-5-12(2)11-14/h4-11H,3H2,1-2H3,(H,20,21,22). The number of rotatable bonds is 5. The topological polar surface area (TPSA) is 94.2 Å². The highest BCUT2D eigenvalue weighted by atomic mass is 16.5. The Morgan fingerprint density at radius 3 is 2.50 bits per heavy atom. The molecule has 0 atom stereocenters. The summed E-state index contributed by atoms with van der Waals surface area (Å²) >= 11 is 0. The molecule has 2 aromatic carbocycles. The summed E-state index contributed by atoms with van der Waals surface area (Å²) < 4.78 is 10.3. The van der Waals surface area contributed by atoms with Gasteiger partial charge in [0.25, 0.3) is 0 Å². The highest BCUT2D eigenvalue weighted by Gasteiger charge is 2.19. The molecule has 1 aromatic heterocycles. The van der Waals surface area contributed by atoms with Crippen LogP contribution in [0.4, 0.5) is 0 Å². The maximum atomic E-state index is 12.2. The minimum Gasteiger partial charge on any atom is -0.461 e. The van der Waals surface area contributed by atoms with Gasteiger partial charge in [-0.25, -0.2) is 9.59 Å². The van der Waals surface area contributed by atoms with Crippen LogP contribution in [-0.4, -0.2) is 34.0 Å². The zero-order valence-corrected chi connectivity index (χ0v) is 14.4. The number of hydrogen-bond donors (Lipinski definition) is 1. The van der Waals surface area contributed by atoms with E-state index in [1.54, 1.807) is 49.4 Å². The molecular formula is C19H17N3O4. The van der Waals surface area contributed by atoms with Crippen LogP contribution in [0.1, 0.15) is 33.3 Å². The van der Waals surface area contributed by atoms with E-state index < -0.39 is 11.9 Å². The number of carbonyl (C=O) groups is 2. The van der Waals surface area contributed by atoms with Gasteiger partial charge in [-0.1, -0.05) is 17.7 Å². The summed E-state index contributed by atoms with van der Waals surface area (Å²) in [6, 6.07) is 13.8. The molecule has 132 valence electrons. The maximum Gasteiger partial charge on any atom is 0.361 e. The summed E-state index contributed by atoms with van der Waals surface area (Å²) in [6.45, 7) is 3.87. The summed E-state index contributed by atoms with van der Waals surface area (Å²) in [7, 11) is 0. The molecule has 3 aromatic rings. The van der Waals surface area contributed by atoms with Crippen molar-refractivity contribution in [1.29, 1.82) is 0 Å². The molecule has 0 spiro atoms. The van der Waals surface area contributed by atoms with Crippen molar-refractivity contribution in [3.05, 3.63) is 65.4 Å². The van der Waals surface area contributed by atoms with Gasteiger partial charge < -0.3 is 9.47 Å². The minimum absolute atomic E-state index is 0.108. The molecule has 1 heterocycles. The minimum atomic E-state index is -0.550. The van der Waals surface area contributed by atoms with Gasteiger partial charge in [0.1, 0.15) is 11.4 Å². The number of nitrogens with one attached hydrogen (secondary N) is 1. The molecule has 0 aliphatic carbocycles. The van der Waals surface area contributed by atoms with Crippen LogP contribution in [0.25, 0.3) is 11.3 Å². The second-order valence-electron chi connectivity index (χ2n) is 5.52. The van der Waals surface area contributed by atoms with E-state index in [1.165, 1.54) is 0 Å². The predicted octanol–water partition coefficient (Wildman–Crippen LogP) is 3.18. The summed E-state index contributed by atoms with van der Waals surface area (Å²) in [6.07, 6.45) is 0. The van der Waals surface area contributed by atoms with Gasteiger partial charge in [-0.15, -0.1) is 5.10 Å². The van der Waals surface area contributed by atoms with Crippen LogP contribution in [0.3, 0.4) is 0 Å². The van der Waals surface area contributed by atoms with Crippen molar-refractivity contribution in [2.45, 2.75) is 13.8 Å². The zero-order chi connectivity index (χ0) is 18.5. The summed E-state index contributed by atoms with van der Waals surface area (Å²) in [4.78, 5) is 24.1. The number of H-pyrrole nitrogens is 1. The van der Waals surface area contributed by atoms with Crippen LogP contribution in [0.2, 0.25) is 0 Å². The van der Waals surface area contributed by atoms with Gasteiger partial charge >= 0.3 is 11.9 Å². The Morgan fingerprint density at radius 2 is 1.81 bits per heavy atom. The van der Waals surface area contributed by atoms with E-state index in [0.29, 0.717) is 22.6 Å². The maximum absolute atomic E-state index is 12.2. The molecule has 0 fully saturated rings. The van der Waals surface area contributed by atoms with Crippen molar-refractivity contribution < 1.29 is 19.1 Å². The molecule has 0 saturated heterocycles. The molecule has 0 bridgehead atoms. The first kappa shape index (κ1) is 17.3. The third kappa shape index (κ3) is 3.77. The number of carbonyl (C=O) groups excluding carboxylic acids is 2. The molecular weight excluding hydrogens is 334 g/mol. The summed E-state index contributed by atoms with van der Waals surface area (Å²) in [5.74, 6) is -0.595. The largest absolute Gasteiger partial charge is 0.461 e. The number of aromatic nitrogens is 3. The Balaban J connectivity index is 1.76. The first-order valence-electron chi connectivity index (χ1n) is 8.05. The average molecular weight is 351 g/mol. The van der Waals surface area contributed by atoms with Crippen LogP contribution < -0.4 is 4.74 Å². The van der Waals surface area contributed by atoms with Crippen molar-refractivity contribution in [1.82, 2.24) is 15.4 Å². The van der Waals surface area contributed by atoms with E-state index in [4.69, 9.17) is 9.47 Å². The molecule has 0 aliphatic rings. The van der Waals surface area contributed by atoms with E-state index in [1.807, 2.05) is 13.0 Å². The first-order chi connectivity index (χ1) is 12.6. The molecule has 0 saturated carbocycles. The van der Waals surface area contributed by atoms with Gasteiger partial charge in [-0.3, -0.25) is 0 Å². The van der Waals surface area contributed by atoms with Gasteiger partial charge in [0.2, 0.25) is 0 Å². The highest BCUT2D eigenvalue weighted by Crippen LogP contribution is 2.23. The number of hydrogen-bond acceptors (Lipinski definition) is 6. The van der Waals surface area contributed by atoms with E-state index in [2.05, 4.69) is 15.4 Å². The molecule has 7 heteroatoms. The molecule has 0 radical (unpaired) electrons. The molecule has 26 heavy (non-hydrogen) atoms. The fourth-order valence-corrected chi connectivity index (χ4v) is 2.39. The number of aryl methyl sites for hydroxylation is 1. The Labute approximate surface area is 150 Å².